The van der Waals surface area contributed by atoms with Crippen LogP contribution in [0.25, 0.3) is 0 Å². The molecule has 15 heavy (non-hydrogen) atoms. The molecular weight excluding hydrogens is 336 g/mol. The first-order chi connectivity index (χ1) is 6.96. The third-order valence-corrected chi connectivity index (χ3v) is 4.02. The zero-order valence-corrected chi connectivity index (χ0v) is 10.8. The molecule has 0 saturated heterocycles. The molecule has 0 aliphatic heterocycles. The fraction of sp³-hybridized carbons (Fsp3) is 0.667. The number of hydrogen-bond acceptors (Lipinski definition) is 1. The van der Waals surface area contributed by atoms with Gasteiger partial charge in [-0.25, -0.2) is 8.78 Å². The van der Waals surface area contributed by atoms with Crippen molar-refractivity contribution in [2.75, 3.05) is 0 Å². The summed E-state index contributed by atoms with van der Waals surface area (Å²) in [4.78, 5) is 0. The van der Waals surface area contributed by atoms with E-state index in [0.29, 0.717) is 18.0 Å². The molecule has 1 unspecified atom stereocenters. The quantitative estimate of drug-likeness (QED) is 0.749. The van der Waals surface area contributed by atoms with E-state index in [1.807, 2.05) is 22.6 Å². The zero-order valence-electron chi connectivity index (χ0n) is 7.89. The Morgan fingerprint density at radius 1 is 1.67 bits per heavy atom. The van der Waals surface area contributed by atoms with Gasteiger partial charge in [-0.15, -0.1) is 0 Å². The van der Waals surface area contributed by atoms with Crippen molar-refractivity contribution in [3.05, 3.63) is 14.9 Å². The van der Waals surface area contributed by atoms with E-state index in [9.17, 15) is 8.78 Å². The van der Waals surface area contributed by atoms with Crippen LogP contribution in [0.15, 0.2) is 6.20 Å². The maximum absolute atomic E-state index is 12.9. The second-order valence-electron chi connectivity index (χ2n) is 3.95. The van der Waals surface area contributed by atoms with Crippen LogP contribution in [0.1, 0.15) is 19.3 Å². The van der Waals surface area contributed by atoms with Gasteiger partial charge in [0.1, 0.15) is 3.70 Å². The van der Waals surface area contributed by atoms with Gasteiger partial charge < -0.3 is 0 Å². The Bertz CT molecular complexity index is 347. The minimum absolute atomic E-state index is 0.00373. The van der Waals surface area contributed by atoms with Gasteiger partial charge in [0.05, 0.1) is 5.02 Å². The zero-order chi connectivity index (χ0) is 11.1. The van der Waals surface area contributed by atoms with Gasteiger partial charge in [0.15, 0.2) is 0 Å². The standard InChI is InChI=1S/C9H10ClF2IN2/c10-7-5-15(14-8(7)13)4-6-1-2-9(11,12)3-6/h5-6H,1-4H2. The van der Waals surface area contributed by atoms with E-state index < -0.39 is 5.92 Å². The molecule has 0 radical (unpaired) electrons. The Kier molecular flexibility index (Phi) is 3.21. The molecule has 1 aromatic rings. The molecule has 1 atom stereocenters. The van der Waals surface area contributed by atoms with E-state index in [0.717, 1.165) is 3.70 Å². The van der Waals surface area contributed by atoms with Crippen LogP contribution in [0.4, 0.5) is 8.78 Å². The molecule has 0 amide bonds. The summed E-state index contributed by atoms with van der Waals surface area (Å²) in [7, 11) is 0. The van der Waals surface area contributed by atoms with E-state index in [-0.39, 0.29) is 18.8 Å². The van der Waals surface area contributed by atoms with Crippen LogP contribution in [0.2, 0.25) is 5.02 Å². The fourth-order valence-corrected chi connectivity index (χ4v) is 2.50. The van der Waals surface area contributed by atoms with Crippen molar-refractivity contribution in [1.29, 1.82) is 0 Å². The maximum atomic E-state index is 12.9. The summed E-state index contributed by atoms with van der Waals surface area (Å²) in [5, 5.41) is 4.73. The molecule has 0 N–H and O–H groups in total. The molecule has 0 spiro atoms. The van der Waals surface area contributed by atoms with E-state index in [4.69, 9.17) is 11.6 Å². The summed E-state index contributed by atoms with van der Waals surface area (Å²) < 4.78 is 28.2. The number of rotatable bonds is 2. The predicted molar refractivity (Wildman–Crippen MR) is 62.2 cm³/mol. The third kappa shape index (κ3) is 2.81. The number of nitrogens with zero attached hydrogens (tertiary/aromatic N) is 2. The molecule has 1 aliphatic carbocycles. The minimum atomic E-state index is -2.48. The van der Waals surface area contributed by atoms with Gasteiger partial charge >= 0.3 is 0 Å². The summed E-state index contributed by atoms with van der Waals surface area (Å²) in [5.74, 6) is -2.46. The van der Waals surface area contributed by atoms with E-state index in [2.05, 4.69) is 5.10 Å². The molecule has 2 nitrogen and oxygen atoms in total. The summed E-state index contributed by atoms with van der Waals surface area (Å²) in [6.07, 6.45) is 2.24. The molecule has 0 bridgehead atoms. The van der Waals surface area contributed by atoms with Crippen LogP contribution in [0.3, 0.4) is 0 Å². The highest BCUT2D eigenvalue weighted by Crippen LogP contribution is 2.39. The Hall–Kier alpha value is 0.0900. The number of hydrogen-bond donors (Lipinski definition) is 0. The van der Waals surface area contributed by atoms with Crippen molar-refractivity contribution in [1.82, 2.24) is 9.78 Å². The molecule has 84 valence electrons. The van der Waals surface area contributed by atoms with Crippen LogP contribution in [0, 0.1) is 9.62 Å². The van der Waals surface area contributed by atoms with Crippen LogP contribution in [0.5, 0.6) is 0 Å². The second-order valence-corrected chi connectivity index (χ2v) is 5.38. The van der Waals surface area contributed by atoms with Crippen molar-refractivity contribution in [3.63, 3.8) is 0 Å². The SMILES string of the molecule is FC1(F)CCC(Cn2cc(Cl)c(I)n2)C1. The average molecular weight is 347 g/mol. The normalized spacial score (nSPS) is 24.7. The molecule has 6 heteroatoms. The second kappa shape index (κ2) is 4.16. The summed E-state index contributed by atoms with van der Waals surface area (Å²) >= 11 is 7.86. The number of aromatic nitrogens is 2. The van der Waals surface area contributed by atoms with E-state index in [1.165, 1.54) is 0 Å². The van der Waals surface area contributed by atoms with Gasteiger partial charge in [-0.3, -0.25) is 4.68 Å². The molecule has 1 aromatic heterocycles. The lowest BCUT2D eigenvalue weighted by Crippen LogP contribution is -2.13. The van der Waals surface area contributed by atoms with Gasteiger partial charge in [-0.05, 0) is 34.9 Å². The highest BCUT2D eigenvalue weighted by molar-refractivity contribution is 14.1. The van der Waals surface area contributed by atoms with Crippen molar-refractivity contribution >= 4 is 34.2 Å². The molecule has 0 aromatic carbocycles. The first-order valence-corrected chi connectivity index (χ1v) is 6.18. The Morgan fingerprint density at radius 2 is 2.40 bits per heavy atom. The lowest BCUT2D eigenvalue weighted by Gasteiger charge is -2.10. The maximum Gasteiger partial charge on any atom is 0.248 e. The molecule has 1 aliphatic rings. The number of alkyl halides is 2. The van der Waals surface area contributed by atoms with Crippen LogP contribution in [-0.4, -0.2) is 15.7 Å². The first kappa shape index (κ1) is 11.6. The Morgan fingerprint density at radius 3 is 2.87 bits per heavy atom. The molecule has 1 heterocycles. The average Bonchev–Trinajstić information content (AvgIpc) is 2.58. The fourth-order valence-electron chi connectivity index (χ4n) is 1.93. The highest BCUT2D eigenvalue weighted by atomic mass is 127. The summed E-state index contributed by atoms with van der Waals surface area (Å²) in [6, 6.07) is 0. The van der Waals surface area contributed by atoms with Crippen molar-refractivity contribution < 1.29 is 8.78 Å². The Labute approximate surface area is 105 Å². The molecular formula is C9H10ClF2IN2. The van der Waals surface area contributed by atoms with Crippen LogP contribution < -0.4 is 0 Å². The monoisotopic (exact) mass is 346 g/mol. The predicted octanol–water partition coefficient (Wildman–Crippen LogP) is 3.58. The summed E-state index contributed by atoms with van der Waals surface area (Å²) in [6.45, 7) is 0.540. The van der Waals surface area contributed by atoms with E-state index in [1.54, 1.807) is 10.9 Å². The van der Waals surface area contributed by atoms with Gasteiger partial charge in [0.2, 0.25) is 5.92 Å². The largest absolute Gasteiger partial charge is 0.270 e. The summed E-state index contributed by atoms with van der Waals surface area (Å²) in [5.41, 5.74) is 0. The molecule has 2 rings (SSSR count). The smallest absolute Gasteiger partial charge is 0.248 e. The van der Waals surface area contributed by atoms with Gasteiger partial charge in [-0.1, -0.05) is 11.6 Å². The molecule has 1 saturated carbocycles. The van der Waals surface area contributed by atoms with Gasteiger partial charge in [0, 0.05) is 25.6 Å². The number of halogens is 4. The van der Waals surface area contributed by atoms with Crippen molar-refractivity contribution in [2.24, 2.45) is 5.92 Å². The van der Waals surface area contributed by atoms with E-state index >= 15 is 0 Å². The topological polar surface area (TPSA) is 17.8 Å². The Balaban J connectivity index is 1.98. The third-order valence-electron chi connectivity index (χ3n) is 2.63. The van der Waals surface area contributed by atoms with Crippen LogP contribution in [-0.2, 0) is 6.54 Å². The van der Waals surface area contributed by atoms with Crippen LogP contribution >= 0.6 is 34.2 Å². The first-order valence-electron chi connectivity index (χ1n) is 4.72. The minimum Gasteiger partial charge on any atom is -0.270 e. The highest BCUT2D eigenvalue weighted by Gasteiger charge is 2.39. The van der Waals surface area contributed by atoms with Gasteiger partial charge in [-0.2, -0.15) is 5.10 Å². The lowest BCUT2D eigenvalue weighted by atomic mass is 10.1. The van der Waals surface area contributed by atoms with Gasteiger partial charge in [0.25, 0.3) is 0 Å². The van der Waals surface area contributed by atoms with Crippen molar-refractivity contribution in [2.45, 2.75) is 31.7 Å². The molecule has 1 fully saturated rings. The van der Waals surface area contributed by atoms with Crippen molar-refractivity contribution in [3.8, 4) is 0 Å². The lowest BCUT2D eigenvalue weighted by molar-refractivity contribution is 0.00422.